The Bertz CT molecular complexity index is 737. The number of hydrogen-bond acceptors (Lipinski definition) is 6. The molecule has 0 atom stereocenters. The lowest BCUT2D eigenvalue weighted by molar-refractivity contribution is -0.384. The van der Waals surface area contributed by atoms with Crippen LogP contribution >= 0.6 is 0 Å². The van der Waals surface area contributed by atoms with Crippen molar-refractivity contribution in [2.24, 2.45) is 0 Å². The summed E-state index contributed by atoms with van der Waals surface area (Å²) in [5.41, 5.74) is 1.44. The van der Waals surface area contributed by atoms with Crippen molar-refractivity contribution in [2.75, 3.05) is 31.1 Å². The van der Waals surface area contributed by atoms with Crippen molar-refractivity contribution in [3.05, 3.63) is 57.9 Å². The molecule has 0 aliphatic carbocycles. The number of hydrogen-bond donors (Lipinski definition) is 0. The Labute approximate surface area is 138 Å². The number of carbonyl (C=O) groups excluding carboxylic acids is 1. The topological polar surface area (TPSA) is 92.5 Å². The second-order valence-electron chi connectivity index (χ2n) is 5.64. The van der Waals surface area contributed by atoms with E-state index in [9.17, 15) is 14.9 Å². The molecule has 8 heteroatoms. The van der Waals surface area contributed by atoms with E-state index in [2.05, 4.69) is 9.97 Å². The number of aromatic nitrogens is 2. The second kappa shape index (κ2) is 6.61. The third-order valence-corrected chi connectivity index (χ3v) is 3.94. The van der Waals surface area contributed by atoms with Gasteiger partial charge in [0, 0.05) is 56.3 Å². The highest BCUT2D eigenvalue weighted by molar-refractivity contribution is 5.94. The number of amides is 1. The fraction of sp³-hybridized carbons (Fsp3) is 0.312. The summed E-state index contributed by atoms with van der Waals surface area (Å²) in [6.45, 7) is 4.37. The summed E-state index contributed by atoms with van der Waals surface area (Å²) >= 11 is 0. The largest absolute Gasteiger partial charge is 0.337 e. The van der Waals surface area contributed by atoms with Crippen LogP contribution in [-0.4, -0.2) is 51.9 Å². The Morgan fingerprint density at radius 3 is 2.21 bits per heavy atom. The minimum Gasteiger partial charge on any atom is -0.337 e. The summed E-state index contributed by atoms with van der Waals surface area (Å²) in [6, 6.07) is 5.69. The van der Waals surface area contributed by atoms with Gasteiger partial charge in [0.2, 0.25) is 5.95 Å². The van der Waals surface area contributed by atoms with Gasteiger partial charge in [-0.2, -0.15) is 0 Å². The van der Waals surface area contributed by atoms with Gasteiger partial charge in [-0.15, -0.1) is 0 Å². The lowest BCUT2D eigenvalue weighted by Gasteiger charge is -2.34. The van der Waals surface area contributed by atoms with Crippen molar-refractivity contribution < 1.29 is 9.72 Å². The number of aryl methyl sites for hydroxylation is 1. The molecule has 1 aromatic carbocycles. The maximum Gasteiger partial charge on any atom is 0.269 e. The molecule has 1 aliphatic rings. The summed E-state index contributed by atoms with van der Waals surface area (Å²) in [7, 11) is 0. The molecule has 1 aliphatic heterocycles. The van der Waals surface area contributed by atoms with Crippen molar-refractivity contribution in [1.82, 2.24) is 14.9 Å². The molecule has 124 valence electrons. The number of piperazine rings is 1. The first kappa shape index (κ1) is 15.9. The van der Waals surface area contributed by atoms with Gasteiger partial charge in [-0.25, -0.2) is 9.97 Å². The monoisotopic (exact) mass is 327 g/mol. The molecule has 24 heavy (non-hydrogen) atoms. The van der Waals surface area contributed by atoms with Crippen molar-refractivity contribution in [3.8, 4) is 0 Å². The molecule has 0 radical (unpaired) electrons. The molecule has 2 aromatic rings. The molecule has 1 fully saturated rings. The van der Waals surface area contributed by atoms with Crippen LogP contribution in [0.1, 0.15) is 15.9 Å². The number of nitro benzene ring substituents is 1. The molecule has 0 N–H and O–H groups in total. The molecule has 2 heterocycles. The van der Waals surface area contributed by atoms with Gasteiger partial charge >= 0.3 is 0 Å². The third kappa shape index (κ3) is 3.32. The molecule has 0 bridgehead atoms. The summed E-state index contributed by atoms with van der Waals surface area (Å²) in [4.78, 5) is 35.1. The molecule has 0 saturated carbocycles. The van der Waals surface area contributed by atoms with Crippen LogP contribution < -0.4 is 4.90 Å². The highest BCUT2D eigenvalue weighted by Crippen LogP contribution is 2.16. The van der Waals surface area contributed by atoms with Gasteiger partial charge in [-0.05, 0) is 24.6 Å². The number of rotatable bonds is 3. The Morgan fingerprint density at radius 2 is 1.67 bits per heavy atom. The van der Waals surface area contributed by atoms with Crippen molar-refractivity contribution in [2.45, 2.75) is 6.92 Å². The summed E-state index contributed by atoms with van der Waals surface area (Å²) in [6.07, 6.45) is 3.55. The van der Waals surface area contributed by atoms with Crippen LogP contribution in [0.3, 0.4) is 0 Å². The first-order valence-corrected chi connectivity index (χ1v) is 7.62. The van der Waals surface area contributed by atoms with Gasteiger partial charge in [0.1, 0.15) is 0 Å². The van der Waals surface area contributed by atoms with Crippen LogP contribution in [0.2, 0.25) is 0 Å². The second-order valence-corrected chi connectivity index (χ2v) is 5.64. The maximum absolute atomic E-state index is 12.5. The van der Waals surface area contributed by atoms with Crippen LogP contribution in [0.25, 0.3) is 0 Å². The number of anilines is 1. The molecule has 1 amide bonds. The minimum absolute atomic E-state index is 0.0205. The van der Waals surface area contributed by atoms with Gasteiger partial charge in [0.25, 0.3) is 11.6 Å². The van der Waals surface area contributed by atoms with Crippen molar-refractivity contribution in [3.63, 3.8) is 0 Å². The van der Waals surface area contributed by atoms with Gasteiger partial charge in [-0.3, -0.25) is 14.9 Å². The summed E-state index contributed by atoms with van der Waals surface area (Å²) in [5, 5.41) is 10.7. The Kier molecular flexibility index (Phi) is 4.37. The molecule has 0 spiro atoms. The first-order valence-electron chi connectivity index (χ1n) is 7.62. The lowest BCUT2D eigenvalue weighted by Crippen LogP contribution is -2.49. The molecule has 1 saturated heterocycles. The normalized spacial score (nSPS) is 14.5. The lowest BCUT2D eigenvalue weighted by atomic mass is 10.1. The van der Waals surface area contributed by atoms with E-state index in [0.29, 0.717) is 37.7 Å². The van der Waals surface area contributed by atoms with Crippen LogP contribution in [0.15, 0.2) is 36.7 Å². The number of carbonyl (C=O) groups is 1. The van der Waals surface area contributed by atoms with Crippen LogP contribution in [0, 0.1) is 17.0 Å². The molecule has 1 aromatic heterocycles. The van der Waals surface area contributed by atoms with Gasteiger partial charge in [0.15, 0.2) is 0 Å². The van der Waals surface area contributed by atoms with Crippen molar-refractivity contribution >= 4 is 17.5 Å². The van der Waals surface area contributed by atoms with E-state index in [0.717, 1.165) is 5.56 Å². The molecule has 3 rings (SSSR count). The Morgan fingerprint density at radius 1 is 1.08 bits per heavy atom. The standard InChI is InChI=1S/C16H17N5O3/c1-12-10-17-16(18-11-12)20-8-6-19(7-9-20)15(22)13-2-4-14(5-3-13)21(23)24/h2-5,10-11H,6-9H2,1H3. The zero-order valence-electron chi connectivity index (χ0n) is 13.3. The van der Waals surface area contributed by atoms with E-state index in [-0.39, 0.29) is 11.6 Å². The minimum atomic E-state index is -0.478. The average molecular weight is 327 g/mol. The molecular formula is C16H17N5O3. The first-order chi connectivity index (χ1) is 11.5. The molecular weight excluding hydrogens is 310 g/mol. The van der Waals surface area contributed by atoms with Crippen LogP contribution in [-0.2, 0) is 0 Å². The van der Waals surface area contributed by atoms with E-state index >= 15 is 0 Å². The number of nitro groups is 1. The quantitative estimate of drug-likeness (QED) is 0.629. The zero-order chi connectivity index (χ0) is 17.1. The smallest absolute Gasteiger partial charge is 0.269 e. The fourth-order valence-corrected chi connectivity index (χ4v) is 2.57. The van der Waals surface area contributed by atoms with E-state index in [4.69, 9.17) is 0 Å². The molecule has 8 nitrogen and oxygen atoms in total. The predicted molar refractivity (Wildman–Crippen MR) is 88.0 cm³/mol. The van der Waals surface area contributed by atoms with E-state index < -0.39 is 4.92 Å². The van der Waals surface area contributed by atoms with E-state index in [1.165, 1.54) is 24.3 Å². The van der Waals surface area contributed by atoms with Gasteiger partial charge in [0.05, 0.1) is 4.92 Å². The summed E-state index contributed by atoms with van der Waals surface area (Å²) in [5.74, 6) is 0.553. The van der Waals surface area contributed by atoms with Crippen LogP contribution in [0.4, 0.5) is 11.6 Å². The SMILES string of the molecule is Cc1cnc(N2CCN(C(=O)c3ccc([N+](=O)[O-])cc3)CC2)nc1. The Balaban J connectivity index is 1.62. The van der Waals surface area contributed by atoms with E-state index in [1.54, 1.807) is 17.3 Å². The number of non-ortho nitro benzene ring substituents is 1. The fourth-order valence-electron chi connectivity index (χ4n) is 2.57. The predicted octanol–water partition coefficient (Wildman–Crippen LogP) is 1.66. The highest BCUT2D eigenvalue weighted by atomic mass is 16.6. The third-order valence-electron chi connectivity index (χ3n) is 3.94. The maximum atomic E-state index is 12.5. The summed E-state index contributed by atoms with van der Waals surface area (Å²) < 4.78 is 0. The van der Waals surface area contributed by atoms with Crippen molar-refractivity contribution in [1.29, 1.82) is 0 Å². The Hall–Kier alpha value is -3.03. The van der Waals surface area contributed by atoms with Gasteiger partial charge < -0.3 is 9.80 Å². The van der Waals surface area contributed by atoms with Crippen LogP contribution in [0.5, 0.6) is 0 Å². The zero-order valence-corrected chi connectivity index (χ0v) is 13.3. The molecule has 0 unspecified atom stereocenters. The van der Waals surface area contributed by atoms with E-state index in [1.807, 2.05) is 11.8 Å². The highest BCUT2D eigenvalue weighted by Gasteiger charge is 2.23. The number of benzene rings is 1. The van der Waals surface area contributed by atoms with Gasteiger partial charge in [-0.1, -0.05) is 0 Å². The average Bonchev–Trinajstić information content (AvgIpc) is 2.62. The number of nitrogens with zero attached hydrogens (tertiary/aromatic N) is 5.